The van der Waals surface area contributed by atoms with Crippen LogP contribution in [-0.4, -0.2) is 27.1 Å². The summed E-state index contributed by atoms with van der Waals surface area (Å²) in [5.74, 6) is -1.70. The third kappa shape index (κ3) is 5.48. The quantitative estimate of drug-likeness (QED) is 0.663. The van der Waals surface area contributed by atoms with Crippen LogP contribution in [-0.2, 0) is 21.9 Å². The molecular formula is C17H21N2O4P. The molecule has 0 aliphatic rings. The van der Waals surface area contributed by atoms with Gasteiger partial charge in [-0.05, 0) is 30.5 Å². The average Bonchev–Trinajstić information content (AvgIpc) is 2.48. The number of carbonyl (C=O) groups is 1. The minimum atomic E-state index is -3.62. The molecule has 1 aromatic heterocycles. The van der Waals surface area contributed by atoms with Gasteiger partial charge >= 0.3 is 5.97 Å². The van der Waals surface area contributed by atoms with Gasteiger partial charge in [0.05, 0.1) is 5.92 Å². The van der Waals surface area contributed by atoms with Crippen LogP contribution in [0.5, 0.6) is 0 Å². The zero-order valence-electron chi connectivity index (χ0n) is 13.4. The number of nitrogens with zero attached hydrogens (tertiary/aromatic N) is 1. The number of nitrogen functional groups attached to an aromatic ring is 1. The topological polar surface area (TPSA) is 114 Å². The van der Waals surface area contributed by atoms with E-state index < -0.39 is 19.3 Å². The van der Waals surface area contributed by atoms with Crippen LogP contribution >= 0.6 is 7.37 Å². The molecule has 4 N–H and O–H groups in total. The molecule has 0 spiro atoms. The zero-order valence-corrected chi connectivity index (χ0v) is 14.3. The number of hydrogen-bond acceptors (Lipinski definition) is 4. The van der Waals surface area contributed by atoms with Crippen LogP contribution in [0.15, 0.2) is 42.6 Å². The fourth-order valence-electron chi connectivity index (χ4n) is 2.58. The molecule has 128 valence electrons. The highest BCUT2D eigenvalue weighted by molar-refractivity contribution is 7.57. The second kappa shape index (κ2) is 7.60. The molecule has 2 aromatic rings. The molecule has 1 heterocycles. The molecule has 0 bridgehead atoms. The Hall–Kier alpha value is -2.17. The van der Waals surface area contributed by atoms with Crippen molar-refractivity contribution in [2.45, 2.75) is 19.5 Å². The average molecular weight is 348 g/mol. The second-order valence-corrected chi connectivity index (χ2v) is 8.38. The van der Waals surface area contributed by atoms with Crippen molar-refractivity contribution in [1.82, 2.24) is 4.98 Å². The first kappa shape index (κ1) is 18.2. The van der Waals surface area contributed by atoms with E-state index in [-0.39, 0.29) is 18.7 Å². The van der Waals surface area contributed by atoms with E-state index in [0.29, 0.717) is 11.4 Å². The summed E-state index contributed by atoms with van der Waals surface area (Å²) in [5, 5.41) is 9.39. The molecule has 0 radical (unpaired) electrons. The van der Waals surface area contributed by atoms with Crippen LogP contribution in [0.4, 0.5) is 5.82 Å². The molecular weight excluding hydrogens is 327 g/mol. The fourth-order valence-corrected chi connectivity index (χ4v) is 4.45. The summed E-state index contributed by atoms with van der Waals surface area (Å²) in [6.45, 7) is 1.90. The summed E-state index contributed by atoms with van der Waals surface area (Å²) < 4.78 is 12.5. The number of rotatable bonds is 7. The van der Waals surface area contributed by atoms with Gasteiger partial charge in [0.1, 0.15) is 5.82 Å². The Balaban J connectivity index is 2.09. The third-order valence-corrected chi connectivity index (χ3v) is 5.57. The molecule has 6 nitrogen and oxygen atoms in total. The summed E-state index contributed by atoms with van der Waals surface area (Å²) >= 11 is 0. The zero-order chi connectivity index (χ0) is 17.7. The van der Waals surface area contributed by atoms with Crippen LogP contribution in [0.25, 0.3) is 0 Å². The van der Waals surface area contributed by atoms with Gasteiger partial charge < -0.3 is 15.7 Å². The number of aryl methyl sites for hydroxylation is 1. The maximum absolute atomic E-state index is 12.5. The number of anilines is 1. The second-order valence-electron chi connectivity index (χ2n) is 6.01. The molecule has 0 aliphatic carbocycles. The Kier molecular flexibility index (Phi) is 5.75. The fraction of sp³-hybridized carbons (Fsp3) is 0.294. The lowest BCUT2D eigenvalue weighted by atomic mass is 10.0. The predicted molar refractivity (Wildman–Crippen MR) is 93.1 cm³/mol. The van der Waals surface area contributed by atoms with E-state index in [9.17, 15) is 19.4 Å². The maximum atomic E-state index is 12.5. The minimum Gasteiger partial charge on any atom is -0.481 e. The highest BCUT2D eigenvalue weighted by Gasteiger charge is 2.29. The van der Waals surface area contributed by atoms with Gasteiger partial charge in [-0.25, -0.2) is 4.98 Å². The van der Waals surface area contributed by atoms with Crippen molar-refractivity contribution < 1.29 is 19.4 Å². The van der Waals surface area contributed by atoms with Gasteiger partial charge in [0.25, 0.3) is 0 Å². The lowest BCUT2D eigenvalue weighted by Crippen LogP contribution is -2.21. The van der Waals surface area contributed by atoms with Crippen molar-refractivity contribution in [2.24, 2.45) is 5.92 Å². The number of carboxylic acids is 1. The van der Waals surface area contributed by atoms with Crippen LogP contribution < -0.4 is 5.73 Å². The monoisotopic (exact) mass is 348 g/mol. The number of carboxylic acid groups (broad SMARTS) is 1. The van der Waals surface area contributed by atoms with Gasteiger partial charge in [-0.2, -0.15) is 0 Å². The highest BCUT2D eigenvalue weighted by atomic mass is 31.2. The van der Waals surface area contributed by atoms with E-state index in [1.807, 2.05) is 25.1 Å². The van der Waals surface area contributed by atoms with E-state index in [2.05, 4.69) is 4.98 Å². The van der Waals surface area contributed by atoms with Gasteiger partial charge in [0.2, 0.25) is 7.37 Å². The molecule has 2 rings (SSSR count). The summed E-state index contributed by atoms with van der Waals surface area (Å²) in [7, 11) is -3.62. The van der Waals surface area contributed by atoms with Crippen LogP contribution in [0, 0.1) is 12.8 Å². The number of hydrogen-bond donors (Lipinski definition) is 3. The third-order valence-electron chi connectivity index (χ3n) is 3.70. The largest absolute Gasteiger partial charge is 0.481 e. The molecule has 0 aliphatic heterocycles. The number of aliphatic carboxylic acids is 1. The molecule has 2 atom stereocenters. The highest BCUT2D eigenvalue weighted by Crippen LogP contribution is 2.46. The molecule has 0 fully saturated rings. The van der Waals surface area contributed by atoms with Crippen molar-refractivity contribution in [3.05, 3.63) is 59.3 Å². The first-order valence-electron chi connectivity index (χ1n) is 7.55. The maximum Gasteiger partial charge on any atom is 0.307 e. The van der Waals surface area contributed by atoms with Crippen molar-refractivity contribution in [3.8, 4) is 0 Å². The SMILES string of the molecule is Cc1cccc(CP(=O)(O)CC(Cc2ccc(N)nc2)C(=O)O)c1. The Morgan fingerprint density at radius 2 is 2.04 bits per heavy atom. The summed E-state index contributed by atoms with van der Waals surface area (Å²) in [6.07, 6.45) is 1.33. The van der Waals surface area contributed by atoms with E-state index in [1.165, 1.54) is 6.20 Å². The van der Waals surface area contributed by atoms with Gasteiger partial charge in [-0.1, -0.05) is 35.9 Å². The Morgan fingerprint density at radius 1 is 1.29 bits per heavy atom. The van der Waals surface area contributed by atoms with Gasteiger partial charge in [0.15, 0.2) is 0 Å². The number of pyridine rings is 1. The number of aromatic nitrogens is 1. The predicted octanol–water partition coefficient (Wildman–Crippen LogP) is 2.69. The van der Waals surface area contributed by atoms with Crippen molar-refractivity contribution >= 4 is 19.2 Å². The molecule has 7 heteroatoms. The smallest absolute Gasteiger partial charge is 0.307 e. The van der Waals surface area contributed by atoms with Crippen molar-refractivity contribution in [1.29, 1.82) is 0 Å². The summed E-state index contributed by atoms with van der Waals surface area (Å²) in [4.78, 5) is 25.7. The van der Waals surface area contributed by atoms with Crippen LogP contribution in [0.2, 0.25) is 0 Å². The van der Waals surface area contributed by atoms with Crippen molar-refractivity contribution in [2.75, 3.05) is 11.9 Å². The summed E-state index contributed by atoms with van der Waals surface area (Å²) in [5.41, 5.74) is 7.91. The minimum absolute atomic E-state index is 0.0293. The molecule has 24 heavy (non-hydrogen) atoms. The number of nitrogens with two attached hydrogens (primary N) is 1. The van der Waals surface area contributed by atoms with Crippen molar-refractivity contribution in [3.63, 3.8) is 0 Å². The normalized spacial score (nSPS) is 14.8. The molecule has 1 aromatic carbocycles. The van der Waals surface area contributed by atoms with E-state index >= 15 is 0 Å². The summed E-state index contributed by atoms with van der Waals surface area (Å²) in [6, 6.07) is 10.6. The van der Waals surface area contributed by atoms with Crippen LogP contribution in [0.1, 0.15) is 16.7 Å². The van der Waals surface area contributed by atoms with E-state index in [0.717, 1.165) is 11.1 Å². The molecule has 0 saturated carbocycles. The Bertz CT molecular complexity index is 761. The lowest BCUT2D eigenvalue weighted by Gasteiger charge is -2.17. The molecule has 0 saturated heterocycles. The first-order valence-corrected chi connectivity index (χ1v) is 9.58. The Morgan fingerprint density at radius 3 is 2.62 bits per heavy atom. The number of benzene rings is 1. The van der Waals surface area contributed by atoms with Gasteiger partial charge in [-0.3, -0.25) is 9.36 Å². The standard InChI is InChI=1S/C17H21N2O4P/c1-12-3-2-4-14(7-12)10-24(22,23)11-15(17(20)21)8-13-5-6-16(18)19-9-13/h2-7,9,15H,8,10-11H2,1H3,(H2,18,19)(H,20,21)(H,22,23). The van der Waals surface area contributed by atoms with E-state index in [1.54, 1.807) is 18.2 Å². The molecule has 0 amide bonds. The van der Waals surface area contributed by atoms with Gasteiger partial charge in [0, 0.05) is 18.5 Å². The first-order chi connectivity index (χ1) is 11.2. The molecule has 2 unspecified atom stereocenters. The Labute approximate surface area is 140 Å². The van der Waals surface area contributed by atoms with Gasteiger partial charge in [-0.15, -0.1) is 0 Å². The van der Waals surface area contributed by atoms with Crippen LogP contribution in [0.3, 0.4) is 0 Å². The lowest BCUT2D eigenvalue weighted by molar-refractivity contribution is -0.141. The van der Waals surface area contributed by atoms with E-state index in [4.69, 9.17) is 5.73 Å².